The fourth-order valence-corrected chi connectivity index (χ4v) is 3.78. The average Bonchev–Trinajstić information content (AvgIpc) is 3.33. The van der Waals surface area contributed by atoms with Crippen LogP contribution in [0.2, 0.25) is 0 Å². The summed E-state index contributed by atoms with van der Waals surface area (Å²) in [6.45, 7) is 1.97. The van der Waals surface area contributed by atoms with E-state index in [-0.39, 0.29) is 17.9 Å². The summed E-state index contributed by atoms with van der Waals surface area (Å²) in [7, 11) is 0. The van der Waals surface area contributed by atoms with Gasteiger partial charge in [0, 0.05) is 11.8 Å². The first-order chi connectivity index (χ1) is 12.6. The summed E-state index contributed by atoms with van der Waals surface area (Å²) >= 11 is 2.75. The van der Waals surface area contributed by atoms with E-state index in [4.69, 9.17) is 0 Å². The zero-order chi connectivity index (χ0) is 18.4. The second-order valence-corrected chi connectivity index (χ2v) is 7.58. The van der Waals surface area contributed by atoms with Gasteiger partial charge in [-0.25, -0.2) is 4.98 Å². The first-order valence-corrected chi connectivity index (χ1v) is 10.0. The number of hydrogen-bond acceptors (Lipinski definition) is 5. The molecule has 0 unspecified atom stereocenters. The molecule has 0 radical (unpaired) electrons. The number of benzene rings is 1. The third-order valence-corrected chi connectivity index (χ3v) is 5.48. The lowest BCUT2D eigenvalue weighted by Crippen LogP contribution is -2.26. The van der Waals surface area contributed by atoms with E-state index in [2.05, 4.69) is 15.6 Å². The van der Waals surface area contributed by atoms with Gasteiger partial charge in [0.1, 0.15) is 0 Å². The van der Waals surface area contributed by atoms with Crippen LogP contribution >= 0.6 is 22.7 Å². The van der Waals surface area contributed by atoms with Crippen molar-refractivity contribution in [2.45, 2.75) is 25.8 Å². The highest BCUT2D eigenvalue weighted by Crippen LogP contribution is 2.19. The van der Waals surface area contributed by atoms with Crippen molar-refractivity contribution in [1.82, 2.24) is 10.3 Å². The molecule has 1 atom stereocenters. The van der Waals surface area contributed by atoms with Crippen LogP contribution in [0, 0.1) is 0 Å². The number of rotatable bonds is 7. The van der Waals surface area contributed by atoms with Crippen LogP contribution in [-0.4, -0.2) is 16.8 Å². The van der Waals surface area contributed by atoms with Crippen molar-refractivity contribution in [3.8, 4) is 0 Å². The van der Waals surface area contributed by atoms with Crippen molar-refractivity contribution in [2.24, 2.45) is 0 Å². The Hall–Kier alpha value is -2.51. The maximum Gasteiger partial charge on any atom is 0.267 e. The lowest BCUT2D eigenvalue weighted by molar-refractivity contribution is -0.121. The van der Waals surface area contributed by atoms with Gasteiger partial charge in [0.05, 0.1) is 16.6 Å². The molecule has 2 N–H and O–H groups in total. The van der Waals surface area contributed by atoms with Gasteiger partial charge < -0.3 is 5.32 Å². The molecule has 3 aromatic rings. The summed E-state index contributed by atoms with van der Waals surface area (Å²) in [5, 5.41) is 10.1. The molecule has 0 fully saturated rings. The van der Waals surface area contributed by atoms with Crippen LogP contribution in [0.4, 0.5) is 5.13 Å². The van der Waals surface area contributed by atoms with Crippen molar-refractivity contribution in [3.05, 3.63) is 69.4 Å². The highest BCUT2D eigenvalue weighted by Gasteiger charge is 2.12. The largest absolute Gasteiger partial charge is 0.350 e. The topological polar surface area (TPSA) is 71.1 Å². The first kappa shape index (κ1) is 18.3. The third-order valence-electron chi connectivity index (χ3n) is 3.80. The fraction of sp³-hybridized carbons (Fsp3) is 0.211. The van der Waals surface area contributed by atoms with Crippen molar-refractivity contribution in [3.63, 3.8) is 0 Å². The number of amides is 2. The minimum Gasteiger partial charge on any atom is -0.350 e. The number of hydrogen-bond donors (Lipinski definition) is 2. The van der Waals surface area contributed by atoms with Crippen LogP contribution < -0.4 is 10.6 Å². The van der Waals surface area contributed by atoms with Crippen molar-refractivity contribution in [2.75, 3.05) is 5.32 Å². The highest BCUT2D eigenvalue weighted by atomic mass is 32.1. The smallest absolute Gasteiger partial charge is 0.267 e. The lowest BCUT2D eigenvalue weighted by atomic mass is 10.1. The van der Waals surface area contributed by atoms with Crippen LogP contribution in [0.3, 0.4) is 0 Å². The molecule has 1 aromatic carbocycles. The molecule has 0 saturated heterocycles. The molecule has 0 aliphatic rings. The quantitative estimate of drug-likeness (QED) is 0.638. The summed E-state index contributed by atoms with van der Waals surface area (Å²) in [6.07, 6.45) is 0.901. The molecule has 7 heteroatoms. The second-order valence-electron chi connectivity index (χ2n) is 5.78. The predicted octanol–water partition coefficient (Wildman–Crippen LogP) is 4.27. The molecule has 5 nitrogen and oxygen atoms in total. The van der Waals surface area contributed by atoms with Crippen LogP contribution in [0.15, 0.2) is 53.2 Å². The minimum absolute atomic E-state index is 0.0153. The van der Waals surface area contributed by atoms with Gasteiger partial charge in [-0.05, 0) is 30.4 Å². The molecular formula is C19H19N3O2S2. The van der Waals surface area contributed by atoms with E-state index in [0.29, 0.717) is 22.9 Å². The standard InChI is InChI=1S/C19H19N3O2S2/c1-13(14-6-3-2-4-7-14)20-17(23)10-9-15-12-26-19(21-15)22-18(24)16-8-5-11-25-16/h2-8,11-13H,9-10H2,1H3,(H,20,23)(H,21,22,24)/t13-/m0/s1. The van der Waals surface area contributed by atoms with E-state index in [1.54, 1.807) is 6.07 Å². The van der Waals surface area contributed by atoms with E-state index < -0.39 is 0 Å². The number of thiophene rings is 1. The summed E-state index contributed by atoms with van der Waals surface area (Å²) in [6, 6.07) is 13.4. The van der Waals surface area contributed by atoms with Crippen LogP contribution in [0.5, 0.6) is 0 Å². The molecule has 0 aliphatic heterocycles. The number of aromatic nitrogens is 1. The molecule has 26 heavy (non-hydrogen) atoms. The zero-order valence-corrected chi connectivity index (χ0v) is 15.9. The number of nitrogens with zero attached hydrogens (tertiary/aromatic N) is 1. The lowest BCUT2D eigenvalue weighted by Gasteiger charge is -2.13. The van der Waals surface area contributed by atoms with Crippen molar-refractivity contribution < 1.29 is 9.59 Å². The van der Waals surface area contributed by atoms with E-state index in [9.17, 15) is 9.59 Å². The predicted molar refractivity (Wildman–Crippen MR) is 106 cm³/mol. The molecule has 0 bridgehead atoms. The second kappa shape index (κ2) is 8.73. The monoisotopic (exact) mass is 385 g/mol. The summed E-state index contributed by atoms with van der Waals surface area (Å²) in [4.78, 5) is 29.2. The fourth-order valence-electron chi connectivity index (χ4n) is 2.43. The van der Waals surface area contributed by atoms with Crippen LogP contribution in [0.1, 0.15) is 40.3 Å². The van der Waals surface area contributed by atoms with Gasteiger partial charge in [0.2, 0.25) is 5.91 Å². The van der Waals surface area contributed by atoms with Crippen LogP contribution in [0.25, 0.3) is 0 Å². The molecule has 3 rings (SSSR count). The Bertz CT molecular complexity index is 860. The molecule has 0 saturated carbocycles. The number of aryl methyl sites for hydroxylation is 1. The third kappa shape index (κ3) is 5.00. The Balaban J connectivity index is 1.47. The highest BCUT2D eigenvalue weighted by molar-refractivity contribution is 7.14. The molecule has 134 valence electrons. The number of anilines is 1. The molecule has 0 spiro atoms. The van der Waals surface area contributed by atoms with Gasteiger partial charge in [-0.2, -0.15) is 0 Å². The molecule has 2 amide bonds. The van der Waals surface area contributed by atoms with Gasteiger partial charge in [0.15, 0.2) is 5.13 Å². The molecular weight excluding hydrogens is 366 g/mol. The summed E-state index contributed by atoms with van der Waals surface area (Å²) in [5.41, 5.74) is 1.88. The summed E-state index contributed by atoms with van der Waals surface area (Å²) in [5.74, 6) is -0.172. The van der Waals surface area contributed by atoms with Crippen molar-refractivity contribution >= 4 is 39.6 Å². The Kier molecular flexibility index (Phi) is 6.14. The molecule has 2 aromatic heterocycles. The number of carbonyl (C=O) groups is 2. The van der Waals surface area contributed by atoms with Gasteiger partial charge in [-0.15, -0.1) is 22.7 Å². The maximum atomic E-state index is 12.1. The Labute approximate surface area is 160 Å². The van der Waals surface area contributed by atoms with E-state index in [0.717, 1.165) is 11.3 Å². The van der Waals surface area contributed by atoms with Gasteiger partial charge in [-0.1, -0.05) is 36.4 Å². The maximum absolute atomic E-state index is 12.1. The number of nitrogens with one attached hydrogen (secondary N) is 2. The molecule has 0 aliphatic carbocycles. The zero-order valence-electron chi connectivity index (χ0n) is 14.3. The Morgan fingerprint density at radius 3 is 2.65 bits per heavy atom. The van der Waals surface area contributed by atoms with E-state index in [1.165, 1.54) is 22.7 Å². The van der Waals surface area contributed by atoms with E-state index >= 15 is 0 Å². The SMILES string of the molecule is C[C@H](NC(=O)CCc1csc(NC(=O)c2cccs2)n1)c1ccccc1. The summed E-state index contributed by atoms with van der Waals surface area (Å²) < 4.78 is 0. The van der Waals surface area contributed by atoms with Crippen molar-refractivity contribution in [1.29, 1.82) is 0 Å². The first-order valence-electron chi connectivity index (χ1n) is 8.25. The van der Waals surface area contributed by atoms with Gasteiger partial charge in [0.25, 0.3) is 5.91 Å². The Morgan fingerprint density at radius 2 is 1.92 bits per heavy atom. The molecule has 2 heterocycles. The van der Waals surface area contributed by atoms with Gasteiger partial charge in [-0.3, -0.25) is 14.9 Å². The minimum atomic E-state index is -0.157. The number of carbonyl (C=O) groups excluding carboxylic acids is 2. The van der Waals surface area contributed by atoms with Gasteiger partial charge >= 0.3 is 0 Å². The normalized spacial score (nSPS) is 11.7. The average molecular weight is 386 g/mol. The van der Waals surface area contributed by atoms with Crippen LogP contribution in [-0.2, 0) is 11.2 Å². The van der Waals surface area contributed by atoms with E-state index in [1.807, 2.05) is 54.1 Å². The number of thiazole rings is 1. The Morgan fingerprint density at radius 1 is 1.12 bits per heavy atom.